The van der Waals surface area contributed by atoms with Gasteiger partial charge in [0, 0.05) is 24.6 Å². The minimum absolute atomic E-state index is 0.0393. The Kier molecular flexibility index (Phi) is 4.77. The first kappa shape index (κ1) is 19.7. The fourth-order valence-corrected chi connectivity index (χ4v) is 4.20. The Morgan fingerprint density at radius 1 is 1.41 bits per heavy atom. The number of nitrogens with one attached hydrogen (secondary N) is 2. The van der Waals surface area contributed by atoms with Crippen LogP contribution in [0.3, 0.4) is 0 Å². The van der Waals surface area contributed by atoms with E-state index in [0.29, 0.717) is 25.2 Å². The fourth-order valence-electron chi connectivity index (χ4n) is 4.02. The number of anilines is 2. The summed E-state index contributed by atoms with van der Waals surface area (Å²) in [6.45, 7) is 7.04. The number of aromatic nitrogens is 2. The van der Waals surface area contributed by atoms with E-state index in [-0.39, 0.29) is 34.3 Å². The molecule has 2 atom stereocenters. The normalized spacial score (nSPS) is 22.9. The highest BCUT2D eigenvalue weighted by Gasteiger charge is 2.40. The first-order valence-corrected chi connectivity index (χ1v) is 9.93. The predicted octanol–water partition coefficient (Wildman–Crippen LogP) is 3.43. The van der Waals surface area contributed by atoms with Crippen molar-refractivity contribution in [3.63, 3.8) is 0 Å². The van der Waals surface area contributed by atoms with Crippen molar-refractivity contribution in [2.24, 2.45) is 11.8 Å². The van der Waals surface area contributed by atoms with E-state index in [4.69, 9.17) is 11.6 Å². The van der Waals surface area contributed by atoms with Gasteiger partial charge in [-0.2, -0.15) is 5.10 Å². The molecule has 0 radical (unpaired) electrons. The molecule has 1 fully saturated rings. The van der Waals surface area contributed by atoms with Gasteiger partial charge in [-0.05, 0) is 38.0 Å². The molecule has 1 unspecified atom stereocenters. The number of urea groups is 1. The summed E-state index contributed by atoms with van der Waals surface area (Å²) < 4.78 is 15.2. The van der Waals surface area contributed by atoms with Gasteiger partial charge in [0.2, 0.25) is 5.91 Å². The van der Waals surface area contributed by atoms with Gasteiger partial charge in [0.05, 0.1) is 34.7 Å². The third-order valence-electron chi connectivity index (χ3n) is 5.55. The van der Waals surface area contributed by atoms with Crippen LogP contribution in [-0.4, -0.2) is 33.8 Å². The number of nitrogens with zero attached hydrogens (tertiary/aromatic N) is 3. The van der Waals surface area contributed by atoms with Gasteiger partial charge >= 0.3 is 6.03 Å². The number of benzene rings is 1. The smallest absolute Gasteiger partial charge is 0.322 e. The molecule has 4 rings (SSSR count). The van der Waals surface area contributed by atoms with Crippen molar-refractivity contribution in [1.29, 1.82) is 0 Å². The molecule has 0 bridgehead atoms. The molecule has 2 aliphatic heterocycles. The lowest BCUT2D eigenvalue weighted by molar-refractivity contribution is -0.121. The second-order valence-corrected chi connectivity index (χ2v) is 8.87. The summed E-state index contributed by atoms with van der Waals surface area (Å²) in [5.74, 6) is -0.948. The molecule has 9 heteroatoms. The summed E-state index contributed by atoms with van der Waals surface area (Å²) >= 11 is 5.81. The van der Waals surface area contributed by atoms with Crippen LogP contribution in [0.25, 0.3) is 0 Å². The first-order chi connectivity index (χ1) is 13.6. The zero-order chi connectivity index (χ0) is 20.9. The maximum absolute atomic E-state index is 13.4. The number of halogens is 2. The molecule has 29 heavy (non-hydrogen) atoms. The van der Waals surface area contributed by atoms with Crippen molar-refractivity contribution in [3.05, 3.63) is 40.9 Å². The van der Waals surface area contributed by atoms with Gasteiger partial charge in [0.1, 0.15) is 5.82 Å². The molecule has 3 heterocycles. The number of hydrogen-bond donors (Lipinski definition) is 2. The van der Waals surface area contributed by atoms with E-state index in [9.17, 15) is 14.0 Å². The van der Waals surface area contributed by atoms with E-state index in [2.05, 4.69) is 15.7 Å². The van der Waals surface area contributed by atoms with Crippen LogP contribution in [0.4, 0.5) is 20.6 Å². The Morgan fingerprint density at radius 3 is 2.83 bits per heavy atom. The molecule has 1 saturated heterocycles. The second-order valence-electron chi connectivity index (χ2n) is 8.46. The summed E-state index contributed by atoms with van der Waals surface area (Å²) in [5, 5.41) is 10.2. The van der Waals surface area contributed by atoms with Crippen LogP contribution in [0.1, 0.15) is 26.5 Å². The number of fused-ring (bicyclic) bond motifs is 1. The van der Waals surface area contributed by atoms with Crippen molar-refractivity contribution < 1.29 is 14.0 Å². The maximum atomic E-state index is 13.4. The van der Waals surface area contributed by atoms with Crippen LogP contribution in [0, 0.1) is 17.7 Å². The number of hydrogen-bond acceptors (Lipinski definition) is 3. The Balaban J connectivity index is 1.56. The third kappa shape index (κ3) is 3.69. The summed E-state index contributed by atoms with van der Waals surface area (Å²) in [6.07, 6.45) is 2.16. The van der Waals surface area contributed by atoms with Crippen LogP contribution in [0.15, 0.2) is 24.4 Å². The van der Waals surface area contributed by atoms with Gasteiger partial charge in [0.15, 0.2) is 0 Å². The number of carbonyl (C=O) groups excluding carboxylic acids is 2. The first-order valence-electron chi connectivity index (χ1n) is 9.55. The Hall–Kier alpha value is -2.61. The molecular weight excluding hydrogens is 397 g/mol. The Bertz CT molecular complexity index is 989. The Morgan fingerprint density at radius 2 is 2.17 bits per heavy atom. The second kappa shape index (κ2) is 7.02. The highest BCUT2D eigenvalue weighted by atomic mass is 35.5. The van der Waals surface area contributed by atoms with Gasteiger partial charge in [-0.15, -0.1) is 0 Å². The number of carbonyl (C=O) groups is 2. The lowest BCUT2D eigenvalue weighted by Gasteiger charge is -2.30. The van der Waals surface area contributed by atoms with Gasteiger partial charge in [-0.3, -0.25) is 14.4 Å². The third-order valence-corrected chi connectivity index (χ3v) is 5.84. The van der Waals surface area contributed by atoms with Crippen LogP contribution in [0.5, 0.6) is 0 Å². The molecule has 0 aliphatic carbocycles. The number of rotatable bonds is 3. The molecule has 1 aromatic carbocycles. The lowest BCUT2D eigenvalue weighted by atomic mass is 9.85. The Labute approximate surface area is 173 Å². The van der Waals surface area contributed by atoms with Gasteiger partial charge < -0.3 is 10.6 Å². The van der Waals surface area contributed by atoms with Crippen molar-refractivity contribution in [3.8, 4) is 0 Å². The lowest BCUT2D eigenvalue weighted by Crippen LogP contribution is -2.37. The van der Waals surface area contributed by atoms with Crippen molar-refractivity contribution in [2.75, 3.05) is 16.8 Å². The predicted molar refractivity (Wildman–Crippen MR) is 109 cm³/mol. The molecular formula is C20H23ClFN5O2. The summed E-state index contributed by atoms with van der Waals surface area (Å²) in [7, 11) is 0. The van der Waals surface area contributed by atoms with Gasteiger partial charge in [-0.1, -0.05) is 18.5 Å². The van der Waals surface area contributed by atoms with Crippen LogP contribution < -0.4 is 15.5 Å². The zero-order valence-electron chi connectivity index (χ0n) is 16.5. The molecule has 2 N–H and O–H groups in total. The largest absolute Gasteiger partial charge is 0.331 e. The average molecular weight is 420 g/mol. The molecule has 0 saturated carbocycles. The summed E-state index contributed by atoms with van der Waals surface area (Å²) in [4.78, 5) is 27.0. The van der Waals surface area contributed by atoms with Crippen molar-refractivity contribution >= 4 is 34.9 Å². The molecule has 0 spiro atoms. The maximum Gasteiger partial charge on any atom is 0.322 e. The van der Waals surface area contributed by atoms with Crippen molar-refractivity contribution in [1.82, 2.24) is 15.1 Å². The molecule has 154 valence electrons. The average Bonchev–Trinajstić information content (AvgIpc) is 3.15. The molecule has 7 nitrogen and oxygen atoms in total. The summed E-state index contributed by atoms with van der Waals surface area (Å²) in [5.41, 5.74) is 1.73. The van der Waals surface area contributed by atoms with E-state index < -0.39 is 5.82 Å². The molecule has 3 amide bonds. The van der Waals surface area contributed by atoms with Crippen LogP contribution in [-0.2, 0) is 17.8 Å². The van der Waals surface area contributed by atoms with Gasteiger partial charge in [-0.25, -0.2) is 9.18 Å². The molecule has 2 aromatic rings. The highest BCUT2D eigenvalue weighted by molar-refractivity contribution is 6.31. The minimum atomic E-state index is -0.531. The SMILES string of the molecule is C[C@H]1Cn2ncc(N3CC(C)(C)NC3=O)c2CC1C(=O)Nc1ccc(F)c(Cl)c1. The van der Waals surface area contributed by atoms with Crippen LogP contribution in [0.2, 0.25) is 5.02 Å². The highest BCUT2D eigenvalue weighted by Crippen LogP contribution is 2.34. The quantitative estimate of drug-likeness (QED) is 0.799. The zero-order valence-corrected chi connectivity index (χ0v) is 17.3. The standard InChI is InChI=1S/C20H23ClFN5O2/c1-11-9-27-16(17(8-23-27)26-10-20(2,3)25-19(26)29)7-13(11)18(28)24-12-4-5-15(22)14(21)6-12/h4-6,8,11,13H,7,9-10H2,1-3H3,(H,24,28)(H,25,29)/t11-,13?/m0/s1. The van der Waals surface area contributed by atoms with Crippen molar-refractivity contribution in [2.45, 2.75) is 39.3 Å². The number of amides is 3. The topological polar surface area (TPSA) is 79.3 Å². The minimum Gasteiger partial charge on any atom is -0.331 e. The van der Waals surface area contributed by atoms with E-state index >= 15 is 0 Å². The van der Waals surface area contributed by atoms with Gasteiger partial charge in [0.25, 0.3) is 0 Å². The summed E-state index contributed by atoms with van der Waals surface area (Å²) in [6, 6.07) is 3.95. The monoisotopic (exact) mass is 419 g/mol. The van der Waals surface area contributed by atoms with Crippen LogP contribution >= 0.6 is 11.6 Å². The van der Waals surface area contributed by atoms with E-state index in [1.807, 2.05) is 25.5 Å². The van der Waals surface area contributed by atoms with E-state index in [1.54, 1.807) is 11.1 Å². The molecule has 1 aromatic heterocycles. The van der Waals surface area contributed by atoms with E-state index in [1.165, 1.54) is 18.2 Å². The fraction of sp³-hybridized carbons (Fsp3) is 0.450. The molecule has 2 aliphatic rings. The van der Waals surface area contributed by atoms with E-state index in [0.717, 1.165) is 11.4 Å².